The lowest BCUT2D eigenvalue weighted by Gasteiger charge is -2.11. The van der Waals surface area contributed by atoms with Crippen LogP contribution in [0.25, 0.3) is 21.9 Å². The van der Waals surface area contributed by atoms with Crippen LogP contribution in [0.5, 0.6) is 0 Å². The second kappa shape index (κ2) is 6.62. The zero-order valence-corrected chi connectivity index (χ0v) is 19.2. The van der Waals surface area contributed by atoms with Crippen molar-refractivity contribution in [3.05, 3.63) is 43.6 Å². The normalized spacial score (nSPS) is 21.7. The molecule has 30 heavy (non-hydrogen) atoms. The van der Waals surface area contributed by atoms with Gasteiger partial charge in [-0.2, -0.15) is 5.10 Å². The fourth-order valence-electron chi connectivity index (χ4n) is 4.64. The van der Waals surface area contributed by atoms with Gasteiger partial charge in [-0.15, -0.1) is 11.3 Å². The van der Waals surface area contributed by atoms with E-state index in [2.05, 4.69) is 11.2 Å². The van der Waals surface area contributed by atoms with Gasteiger partial charge in [0.15, 0.2) is 9.84 Å². The van der Waals surface area contributed by atoms with Crippen molar-refractivity contribution in [2.45, 2.75) is 53.1 Å². The third-order valence-electron chi connectivity index (χ3n) is 6.43. The largest absolute Gasteiger partial charge is 0.292 e. The smallest absolute Gasteiger partial charge is 0.262 e. The van der Waals surface area contributed by atoms with Crippen LogP contribution in [0, 0.1) is 27.7 Å². The van der Waals surface area contributed by atoms with Crippen LogP contribution < -0.4 is 5.56 Å². The van der Waals surface area contributed by atoms with Crippen molar-refractivity contribution in [3.63, 3.8) is 0 Å². The summed E-state index contributed by atoms with van der Waals surface area (Å²) in [6.07, 6.45) is 3.44. The molecule has 158 valence electrons. The summed E-state index contributed by atoms with van der Waals surface area (Å²) in [7, 11) is -2.98. The average molecular weight is 445 g/mol. The van der Waals surface area contributed by atoms with Gasteiger partial charge in [0.05, 0.1) is 28.6 Å². The number of hydrogen-bond donors (Lipinski definition) is 0. The highest BCUT2D eigenvalue weighted by molar-refractivity contribution is 7.91. The van der Waals surface area contributed by atoms with Crippen molar-refractivity contribution >= 4 is 43.0 Å². The summed E-state index contributed by atoms with van der Waals surface area (Å²) in [5.74, 6) is 1.12. The Kier molecular flexibility index (Phi) is 4.34. The average Bonchev–Trinajstić information content (AvgIpc) is 3.39. The second-order valence-corrected chi connectivity index (χ2v) is 11.8. The van der Waals surface area contributed by atoms with E-state index >= 15 is 0 Å². The molecule has 9 heteroatoms. The predicted molar refractivity (Wildman–Crippen MR) is 120 cm³/mol. The maximum Gasteiger partial charge on any atom is 0.262 e. The first kappa shape index (κ1) is 19.7. The minimum Gasteiger partial charge on any atom is -0.292 e. The summed E-state index contributed by atoms with van der Waals surface area (Å²) in [5, 5.41) is 5.40. The number of rotatable bonds is 2. The van der Waals surface area contributed by atoms with Gasteiger partial charge in [-0.1, -0.05) is 0 Å². The Morgan fingerprint density at radius 1 is 1.20 bits per heavy atom. The summed E-state index contributed by atoms with van der Waals surface area (Å²) >= 11 is 1.57. The molecule has 0 aromatic carbocycles. The molecule has 0 amide bonds. The quantitative estimate of drug-likeness (QED) is 0.606. The predicted octanol–water partition coefficient (Wildman–Crippen LogP) is 3.19. The third kappa shape index (κ3) is 2.90. The number of allylic oxidation sites excluding steroid dienone is 1. The molecule has 5 heterocycles. The number of sulfone groups is 1. The Hall–Kier alpha value is -2.26. The molecule has 0 saturated carbocycles. The van der Waals surface area contributed by atoms with Gasteiger partial charge in [-0.25, -0.2) is 13.4 Å². The molecule has 1 fully saturated rings. The molecule has 0 bridgehead atoms. The Balaban J connectivity index is 1.60. The maximum atomic E-state index is 13.1. The summed E-state index contributed by atoms with van der Waals surface area (Å²) in [5.41, 5.74) is 4.93. The Morgan fingerprint density at radius 2 is 1.97 bits per heavy atom. The summed E-state index contributed by atoms with van der Waals surface area (Å²) in [6.45, 7) is 8.58. The van der Waals surface area contributed by atoms with Crippen LogP contribution in [0.3, 0.4) is 0 Å². The minimum absolute atomic E-state index is 0.0422. The van der Waals surface area contributed by atoms with Gasteiger partial charge in [0.2, 0.25) is 0 Å². The highest BCUT2D eigenvalue weighted by Gasteiger charge is 2.31. The van der Waals surface area contributed by atoms with Crippen LogP contribution in [0.4, 0.5) is 0 Å². The fourth-order valence-corrected chi connectivity index (χ4v) is 7.35. The topological polar surface area (TPSA) is 86.8 Å². The van der Waals surface area contributed by atoms with E-state index in [1.165, 1.54) is 0 Å². The number of thiophene rings is 1. The van der Waals surface area contributed by atoms with E-state index in [1.807, 2.05) is 32.4 Å². The number of aryl methyl sites for hydroxylation is 3. The van der Waals surface area contributed by atoms with Crippen molar-refractivity contribution in [3.8, 4) is 0 Å². The maximum absolute atomic E-state index is 13.1. The Morgan fingerprint density at radius 3 is 2.67 bits per heavy atom. The second-order valence-electron chi connectivity index (χ2n) is 8.36. The molecule has 3 aromatic heterocycles. The van der Waals surface area contributed by atoms with Crippen LogP contribution in [0.15, 0.2) is 4.79 Å². The SMILES string of the molecule is Cc1nn(C2CCS(=O)(=O)C2)c(C)c1C=C1CCn2c1nc1sc(C)c(C)c1c2=O. The molecular weight excluding hydrogens is 420 g/mol. The molecular formula is C21H24N4O3S2. The number of hydrogen-bond acceptors (Lipinski definition) is 6. The van der Waals surface area contributed by atoms with Crippen LogP contribution in [-0.4, -0.2) is 39.3 Å². The molecule has 2 aliphatic heterocycles. The first-order valence-electron chi connectivity index (χ1n) is 10.1. The highest BCUT2D eigenvalue weighted by atomic mass is 32.2. The lowest BCUT2D eigenvalue weighted by Crippen LogP contribution is -2.20. The molecule has 0 radical (unpaired) electrons. The van der Waals surface area contributed by atoms with E-state index in [0.717, 1.165) is 55.4 Å². The van der Waals surface area contributed by atoms with Gasteiger partial charge < -0.3 is 0 Å². The van der Waals surface area contributed by atoms with Gasteiger partial charge in [-0.05, 0) is 57.7 Å². The van der Waals surface area contributed by atoms with E-state index in [0.29, 0.717) is 13.0 Å². The van der Waals surface area contributed by atoms with Gasteiger partial charge in [-0.3, -0.25) is 14.0 Å². The van der Waals surface area contributed by atoms with Gasteiger partial charge in [0, 0.05) is 22.7 Å². The summed E-state index contributed by atoms with van der Waals surface area (Å²) in [6, 6.07) is -0.103. The minimum atomic E-state index is -2.98. The van der Waals surface area contributed by atoms with Crippen LogP contribution >= 0.6 is 11.3 Å². The molecule has 1 saturated heterocycles. The van der Waals surface area contributed by atoms with E-state index in [1.54, 1.807) is 15.9 Å². The molecule has 0 N–H and O–H groups in total. The molecule has 5 rings (SSSR count). The van der Waals surface area contributed by atoms with Crippen molar-refractivity contribution in [1.29, 1.82) is 0 Å². The lowest BCUT2D eigenvalue weighted by molar-refractivity contribution is 0.486. The van der Waals surface area contributed by atoms with Crippen LogP contribution in [0.2, 0.25) is 0 Å². The van der Waals surface area contributed by atoms with Gasteiger partial charge >= 0.3 is 0 Å². The van der Waals surface area contributed by atoms with Crippen molar-refractivity contribution in [1.82, 2.24) is 19.3 Å². The lowest BCUT2D eigenvalue weighted by atomic mass is 10.1. The van der Waals surface area contributed by atoms with Gasteiger partial charge in [0.1, 0.15) is 10.7 Å². The third-order valence-corrected chi connectivity index (χ3v) is 9.29. The molecule has 0 aliphatic carbocycles. The standard InChI is InChI=1S/C21H24N4O3S2/c1-11-14(4)29-20-18(11)21(26)24-7-5-15(19(24)22-20)9-17-12(2)23-25(13(17)3)16-6-8-30(27,28)10-16/h9,16H,5-8,10H2,1-4H3. The van der Waals surface area contributed by atoms with Crippen LogP contribution in [-0.2, 0) is 16.4 Å². The van der Waals surface area contributed by atoms with E-state index in [4.69, 9.17) is 4.98 Å². The molecule has 1 atom stereocenters. The molecule has 2 aliphatic rings. The number of nitrogens with zero attached hydrogens (tertiary/aromatic N) is 4. The highest BCUT2D eigenvalue weighted by Crippen LogP contribution is 2.34. The van der Waals surface area contributed by atoms with Gasteiger partial charge in [0.25, 0.3) is 5.56 Å². The number of aromatic nitrogens is 4. The number of fused-ring (bicyclic) bond motifs is 2. The van der Waals surface area contributed by atoms with Crippen LogP contribution in [0.1, 0.15) is 52.1 Å². The summed E-state index contributed by atoms with van der Waals surface area (Å²) in [4.78, 5) is 19.8. The molecule has 3 aromatic rings. The first-order chi connectivity index (χ1) is 14.2. The van der Waals surface area contributed by atoms with Crippen molar-refractivity contribution in [2.75, 3.05) is 11.5 Å². The van der Waals surface area contributed by atoms with E-state index in [9.17, 15) is 13.2 Å². The Bertz CT molecular complexity index is 1410. The zero-order valence-electron chi connectivity index (χ0n) is 17.5. The molecule has 0 spiro atoms. The fraction of sp³-hybridized carbons (Fsp3) is 0.476. The van der Waals surface area contributed by atoms with E-state index < -0.39 is 9.84 Å². The molecule has 7 nitrogen and oxygen atoms in total. The monoisotopic (exact) mass is 444 g/mol. The summed E-state index contributed by atoms with van der Waals surface area (Å²) < 4.78 is 27.5. The first-order valence-corrected chi connectivity index (χ1v) is 12.8. The van der Waals surface area contributed by atoms with E-state index in [-0.39, 0.29) is 23.1 Å². The molecule has 1 unspecified atom stereocenters. The zero-order chi connectivity index (χ0) is 21.4. The van der Waals surface area contributed by atoms with Crippen molar-refractivity contribution < 1.29 is 8.42 Å². The van der Waals surface area contributed by atoms with Crippen molar-refractivity contribution in [2.24, 2.45) is 0 Å². The Labute approximate surface area is 179 Å².